The number of allylic oxidation sites excluding steroid dienone is 1. The first-order valence-electron chi connectivity index (χ1n) is 8.08. The third-order valence-corrected chi connectivity index (χ3v) is 3.42. The molecule has 0 aromatic heterocycles. The summed E-state index contributed by atoms with van der Waals surface area (Å²) in [5.74, 6) is 0.873. The monoisotopic (exact) mass is 253 g/mol. The summed E-state index contributed by atoms with van der Waals surface area (Å²) >= 11 is 0. The van der Waals surface area contributed by atoms with Crippen LogP contribution in [0.1, 0.15) is 85.0 Å². The van der Waals surface area contributed by atoms with Crippen molar-refractivity contribution in [2.24, 2.45) is 5.92 Å². The van der Waals surface area contributed by atoms with E-state index in [-0.39, 0.29) is 0 Å². The smallest absolute Gasteiger partial charge is 0.0143 e. The molecular formula is C17H35N. The van der Waals surface area contributed by atoms with Gasteiger partial charge in [-0.05, 0) is 25.2 Å². The minimum absolute atomic E-state index is 0.873. The molecule has 0 amide bonds. The average Bonchev–Trinajstić information content (AvgIpc) is 2.32. The maximum absolute atomic E-state index is 4.08. The lowest BCUT2D eigenvalue weighted by molar-refractivity contribution is 0.512. The summed E-state index contributed by atoms with van der Waals surface area (Å²) in [6.45, 7) is 12.1. The van der Waals surface area contributed by atoms with Crippen LogP contribution in [0.2, 0.25) is 0 Å². The number of nitrogens with one attached hydrogen (secondary N) is 1. The molecule has 0 radical (unpaired) electrons. The van der Waals surface area contributed by atoms with E-state index in [1.165, 1.54) is 63.5 Å². The van der Waals surface area contributed by atoms with Crippen LogP contribution in [0.5, 0.6) is 0 Å². The second-order valence-electron chi connectivity index (χ2n) is 5.94. The molecule has 0 saturated heterocycles. The van der Waals surface area contributed by atoms with E-state index in [9.17, 15) is 0 Å². The van der Waals surface area contributed by atoms with Crippen molar-refractivity contribution in [2.75, 3.05) is 6.54 Å². The van der Waals surface area contributed by atoms with E-state index in [4.69, 9.17) is 0 Å². The minimum Gasteiger partial charge on any atom is -0.389 e. The summed E-state index contributed by atoms with van der Waals surface area (Å²) < 4.78 is 0. The Morgan fingerprint density at radius 1 is 0.944 bits per heavy atom. The van der Waals surface area contributed by atoms with Gasteiger partial charge < -0.3 is 5.32 Å². The maximum atomic E-state index is 4.08. The Balaban J connectivity index is 3.12. The van der Waals surface area contributed by atoms with Crippen molar-refractivity contribution in [3.05, 3.63) is 12.3 Å². The fourth-order valence-electron chi connectivity index (χ4n) is 2.15. The SMILES string of the molecule is C=C(CCCCC)NCCCCCCCC(C)C. The lowest BCUT2D eigenvalue weighted by Gasteiger charge is -2.09. The maximum Gasteiger partial charge on any atom is 0.0143 e. The van der Waals surface area contributed by atoms with E-state index >= 15 is 0 Å². The fraction of sp³-hybridized carbons (Fsp3) is 0.882. The van der Waals surface area contributed by atoms with Gasteiger partial charge in [0.05, 0.1) is 0 Å². The van der Waals surface area contributed by atoms with Gasteiger partial charge in [-0.2, -0.15) is 0 Å². The number of hydrogen-bond acceptors (Lipinski definition) is 1. The van der Waals surface area contributed by atoms with Gasteiger partial charge in [-0.15, -0.1) is 0 Å². The minimum atomic E-state index is 0.873. The Hall–Kier alpha value is -0.460. The molecule has 18 heavy (non-hydrogen) atoms. The Labute approximate surface area is 115 Å². The molecule has 0 aliphatic heterocycles. The fourth-order valence-corrected chi connectivity index (χ4v) is 2.15. The first-order valence-corrected chi connectivity index (χ1v) is 8.08. The van der Waals surface area contributed by atoms with Gasteiger partial charge in [0.25, 0.3) is 0 Å². The van der Waals surface area contributed by atoms with E-state index in [2.05, 4.69) is 32.7 Å². The number of unbranched alkanes of at least 4 members (excludes halogenated alkanes) is 6. The largest absolute Gasteiger partial charge is 0.389 e. The Bertz CT molecular complexity index is 184. The van der Waals surface area contributed by atoms with Crippen LogP contribution in [0, 0.1) is 5.92 Å². The van der Waals surface area contributed by atoms with E-state index in [0.29, 0.717) is 0 Å². The van der Waals surface area contributed by atoms with Crippen LogP contribution < -0.4 is 5.32 Å². The lowest BCUT2D eigenvalue weighted by Crippen LogP contribution is -2.13. The molecule has 0 aliphatic rings. The van der Waals surface area contributed by atoms with Crippen molar-refractivity contribution >= 4 is 0 Å². The average molecular weight is 253 g/mol. The van der Waals surface area contributed by atoms with Crippen LogP contribution in [-0.2, 0) is 0 Å². The molecule has 1 heteroatoms. The van der Waals surface area contributed by atoms with Crippen LogP contribution >= 0.6 is 0 Å². The van der Waals surface area contributed by atoms with Gasteiger partial charge in [0.2, 0.25) is 0 Å². The highest BCUT2D eigenvalue weighted by Gasteiger charge is 1.96. The molecule has 0 aliphatic carbocycles. The van der Waals surface area contributed by atoms with Crippen LogP contribution in [0.25, 0.3) is 0 Å². The predicted octanol–water partition coefficient (Wildman–Crippen LogP) is 5.67. The molecule has 0 rings (SSSR count). The molecule has 0 unspecified atom stereocenters. The first-order chi connectivity index (χ1) is 8.66. The van der Waals surface area contributed by atoms with E-state index < -0.39 is 0 Å². The number of rotatable bonds is 13. The summed E-state index contributed by atoms with van der Waals surface area (Å²) in [4.78, 5) is 0. The zero-order valence-electron chi connectivity index (χ0n) is 13.1. The van der Waals surface area contributed by atoms with Crippen molar-refractivity contribution < 1.29 is 0 Å². The summed E-state index contributed by atoms with van der Waals surface area (Å²) in [6, 6.07) is 0. The molecule has 0 aromatic rings. The van der Waals surface area contributed by atoms with Crippen molar-refractivity contribution in [1.82, 2.24) is 5.32 Å². The molecule has 1 N–H and O–H groups in total. The van der Waals surface area contributed by atoms with E-state index in [1.807, 2.05) is 0 Å². The van der Waals surface area contributed by atoms with E-state index in [1.54, 1.807) is 0 Å². The molecule has 0 aromatic carbocycles. The quantitative estimate of drug-likeness (QED) is 0.417. The van der Waals surface area contributed by atoms with Gasteiger partial charge in [0.15, 0.2) is 0 Å². The van der Waals surface area contributed by atoms with Gasteiger partial charge in [-0.25, -0.2) is 0 Å². The van der Waals surface area contributed by atoms with Crippen molar-refractivity contribution in [3.8, 4) is 0 Å². The first kappa shape index (κ1) is 17.5. The van der Waals surface area contributed by atoms with Gasteiger partial charge in [0, 0.05) is 12.2 Å². The highest BCUT2D eigenvalue weighted by Crippen LogP contribution is 2.10. The second-order valence-corrected chi connectivity index (χ2v) is 5.94. The Morgan fingerprint density at radius 2 is 1.61 bits per heavy atom. The van der Waals surface area contributed by atoms with Crippen LogP contribution in [0.15, 0.2) is 12.3 Å². The van der Waals surface area contributed by atoms with Crippen LogP contribution in [0.3, 0.4) is 0 Å². The second kappa shape index (κ2) is 13.0. The molecule has 0 atom stereocenters. The third-order valence-electron chi connectivity index (χ3n) is 3.42. The molecule has 0 saturated carbocycles. The standard InChI is InChI=1S/C17H35N/c1-5-6-10-14-17(4)18-15-12-9-7-8-11-13-16(2)3/h16,18H,4-15H2,1-3H3. The van der Waals surface area contributed by atoms with Crippen molar-refractivity contribution in [3.63, 3.8) is 0 Å². The number of hydrogen-bond donors (Lipinski definition) is 1. The van der Waals surface area contributed by atoms with Gasteiger partial charge in [-0.1, -0.05) is 72.3 Å². The predicted molar refractivity (Wildman–Crippen MR) is 83.8 cm³/mol. The van der Waals surface area contributed by atoms with Gasteiger partial charge in [0.1, 0.15) is 0 Å². The topological polar surface area (TPSA) is 12.0 Å². The summed E-state index contributed by atoms with van der Waals surface area (Å²) in [7, 11) is 0. The molecule has 0 fully saturated rings. The van der Waals surface area contributed by atoms with E-state index in [0.717, 1.165) is 18.9 Å². The normalized spacial score (nSPS) is 10.9. The van der Waals surface area contributed by atoms with Crippen LogP contribution in [0.4, 0.5) is 0 Å². The highest BCUT2D eigenvalue weighted by molar-refractivity contribution is 4.90. The van der Waals surface area contributed by atoms with Gasteiger partial charge >= 0.3 is 0 Å². The zero-order valence-corrected chi connectivity index (χ0v) is 13.1. The van der Waals surface area contributed by atoms with Crippen molar-refractivity contribution in [1.29, 1.82) is 0 Å². The molecule has 0 heterocycles. The Morgan fingerprint density at radius 3 is 2.28 bits per heavy atom. The summed E-state index contributed by atoms with van der Waals surface area (Å²) in [5.41, 5.74) is 1.24. The highest BCUT2D eigenvalue weighted by atomic mass is 14.9. The lowest BCUT2D eigenvalue weighted by atomic mass is 10.0. The summed E-state index contributed by atoms with van der Waals surface area (Å²) in [6.07, 6.45) is 13.4. The molecule has 1 nitrogen and oxygen atoms in total. The molecular weight excluding hydrogens is 218 g/mol. The van der Waals surface area contributed by atoms with Crippen molar-refractivity contribution in [2.45, 2.75) is 85.0 Å². The molecule has 0 spiro atoms. The van der Waals surface area contributed by atoms with Crippen LogP contribution in [-0.4, -0.2) is 6.54 Å². The molecule has 0 bridgehead atoms. The Kier molecular flexibility index (Phi) is 12.7. The molecule has 108 valence electrons. The third kappa shape index (κ3) is 13.6. The zero-order chi connectivity index (χ0) is 13.6. The van der Waals surface area contributed by atoms with Gasteiger partial charge in [-0.3, -0.25) is 0 Å². The summed E-state index contributed by atoms with van der Waals surface area (Å²) in [5, 5.41) is 3.46.